The number of hydrogen-bond acceptors (Lipinski definition) is 6. The van der Waals surface area contributed by atoms with Crippen LogP contribution in [0.5, 0.6) is 5.75 Å². The molecular weight excluding hydrogens is 378 g/mol. The normalized spacial score (nSPS) is 10.6. The van der Waals surface area contributed by atoms with Crippen LogP contribution in [0, 0.1) is 0 Å². The Hall–Kier alpha value is -4.00. The molecule has 30 heavy (non-hydrogen) atoms. The summed E-state index contributed by atoms with van der Waals surface area (Å²) in [6.07, 6.45) is 3.99. The van der Waals surface area contributed by atoms with Crippen LogP contribution in [0.1, 0.15) is 16.1 Å². The second-order valence-corrected chi connectivity index (χ2v) is 6.63. The van der Waals surface area contributed by atoms with Gasteiger partial charge >= 0.3 is 0 Å². The Kier molecular flexibility index (Phi) is 5.80. The topological polar surface area (TPSA) is 89.0 Å². The van der Waals surface area contributed by atoms with E-state index in [0.717, 1.165) is 27.9 Å². The average molecular weight is 399 g/mol. The molecule has 1 amide bonds. The van der Waals surface area contributed by atoms with E-state index in [9.17, 15) is 4.79 Å². The zero-order chi connectivity index (χ0) is 20.8. The lowest BCUT2D eigenvalue weighted by Crippen LogP contribution is -2.26. The van der Waals surface area contributed by atoms with E-state index in [4.69, 9.17) is 4.74 Å². The van der Waals surface area contributed by atoms with Crippen molar-refractivity contribution in [3.05, 3.63) is 84.3 Å². The van der Waals surface area contributed by atoms with Gasteiger partial charge in [0.25, 0.3) is 5.91 Å². The highest BCUT2D eigenvalue weighted by Crippen LogP contribution is 2.23. The largest absolute Gasteiger partial charge is 0.497 e. The Morgan fingerprint density at radius 1 is 1.00 bits per heavy atom. The van der Waals surface area contributed by atoms with Crippen LogP contribution in [0.4, 0.5) is 11.6 Å². The Balaban J connectivity index is 1.41. The fourth-order valence-electron chi connectivity index (χ4n) is 3.11. The Morgan fingerprint density at radius 3 is 2.77 bits per heavy atom. The molecule has 2 aromatic carbocycles. The number of amides is 1. The zero-order valence-electron chi connectivity index (χ0n) is 16.5. The maximum Gasteiger partial charge on any atom is 0.270 e. The number of carbonyl (C=O) groups excluding carboxylic acids is 1. The van der Waals surface area contributed by atoms with Crippen LogP contribution < -0.4 is 15.4 Å². The third-order valence-corrected chi connectivity index (χ3v) is 4.60. The standard InChI is InChI=1S/C23H21N5O2/c1-30-18-8-2-5-16(15-18)10-13-25-22(29)20-11-14-26-23(28-20)27-19-9-3-6-17-7-4-12-24-21(17)19/h2-9,11-12,14-15H,10,13H2,1H3,(H,25,29)(H,26,27,28). The van der Waals surface area contributed by atoms with E-state index in [1.54, 1.807) is 25.6 Å². The molecule has 7 nitrogen and oxygen atoms in total. The molecule has 0 unspecified atom stereocenters. The van der Waals surface area contributed by atoms with Crippen molar-refractivity contribution < 1.29 is 9.53 Å². The Labute approximate surface area is 174 Å². The number of nitrogens with zero attached hydrogens (tertiary/aromatic N) is 3. The number of anilines is 2. The number of para-hydroxylation sites is 1. The third-order valence-electron chi connectivity index (χ3n) is 4.60. The number of ether oxygens (including phenoxy) is 1. The molecule has 0 aliphatic heterocycles. The van der Waals surface area contributed by atoms with Gasteiger partial charge in [-0.25, -0.2) is 9.97 Å². The van der Waals surface area contributed by atoms with Gasteiger partial charge in [-0.2, -0.15) is 0 Å². The number of rotatable bonds is 7. The molecule has 7 heteroatoms. The lowest BCUT2D eigenvalue weighted by Gasteiger charge is -2.09. The minimum absolute atomic E-state index is 0.251. The second kappa shape index (κ2) is 9.00. The van der Waals surface area contributed by atoms with Gasteiger partial charge < -0.3 is 15.4 Å². The van der Waals surface area contributed by atoms with Crippen LogP contribution in [0.15, 0.2) is 73.1 Å². The molecule has 0 spiro atoms. The SMILES string of the molecule is COc1cccc(CCNC(=O)c2ccnc(Nc3cccc4cccnc34)n2)c1. The molecule has 4 aromatic rings. The van der Waals surface area contributed by atoms with Crippen molar-refractivity contribution in [2.75, 3.05) is 19.0 Å². The molecular formula is C23H21N5O2. The van der Waals surface area contributed by atoms with Crippen molar-refractivity contribution in [2.45, 2.75) is 6.42 Å². The van der Waals surface area contributed by atoms with Crippen LogP contribution >= 0.6 is 0 Å². The van der Waals surface area contributed by atoms with Crippen LogP contribution in [-0.2, 0) is 6.42 Å². The number of hydrogen-bond donors (Lipinski definition) is 2. The first-order chi connectivity index (χ1) is 14.7. The van der Waals surface area contributed by atoms with E-state index in [1.165, 1.54) is 0 Å². The van der Waals surface area contributed by atoms with Crippen molar-refractivity contribution in [1.82, 2.24) is 20.3 Å². The average Bonchev–Trinajstić information content (AvgIpc) is 2.79. The van der Waals surface area contributed by atoms with Crippen LogP contribution in [-0.4, -0.2) is 34.5 Å². The number of methoxy groups -OCH3 is 1. The van der Waals surface area contributed by atoms with Gasteiger partial charge in [-0.15, -0.1) is 0 Å². The van der Waals surface area contributed by atoms with Gasteiger partial charge in [0, 0.05) is 24.3 Å². The molecule has 0 saturated heterocycles. The van der Waals surface area contributed by atoms with Gasteiger partial charge in [0.05, 0.1) is 18.3 Å². The monoisotopic (exact) mass is 399 g/mol. The van der Waals surface area contributed by atoms with Gasteiger partial charge in [0.15, 0.2) is 0 Å². The molecule has 150 valence electrons. The van der Waals surface area contributed by atoms with Gasteiger partial charge in [0.1, 0.15) is 11.4 Å². The number of pyridine rings is 1. The number of carbonyl (C=O) groups is 1. The lowest BCUT2D eigenvalue weighted by atomic mass is 10.1. The summed E-state index contributed by atoms with van der Waals surface area (Å²) in [6.45, 7) is 0.492. The van der Waals surface area contributed by atoms with Gasteiger partial charge in [-0.05, 0) is 42.3 Å². The molecule has 0 aliphatic carbocycles. The summed E-state index contributed by atoms with van der Waals surface area (Å²) in [6, 6.07) is 19.1. The molecule has 0 atom stereocenters. The quantitative estimate of drug-likeness (QED) is 0.492. The summed E-state index contributed by atoms with van der Waals surface area (Å²) in [7, 11) is 1.63. The Bertz CT molecular complexity index is 1170. The molecule has 2 heterocycles. The highest BCUT2D eigenvalue weighted by Gasteiger charge is 2.10. The first kappa shape index (κ1) is 19.3. The summed E-state index contributed by atoms with van der Waals surface area (Å²) in [4.78, 5) is 25.5. The smallest absolute Gasteiger partial charge is 0.270 e. The summed E-state index contributed by atoms with van der Waals surface area (Å²) >= 11 is 0. The fourth-order valence-corrected chi connectivity index (χ4v) is 3.11. The highest BCUT2D eigenvalue weighted by molar-refractivity contribution is 5.93. The van der Waals surface area contributed by atoms with E-state index >= 15 is 0 Å². The predicted octanol–water partition coefficient (Wildman–Crippen LogP) is 3.75. The van der Waals surface area contributed by atoms with Crippen molar-refractivity contribution in [3.8, 4) is 5.75 Å². The molecule has 2 aromatic heterocycles. The van der Waals surface area contributed by atoms with Crippen LogP contribution in [0.2, 0.25) is 0 Å². The molecule has 0 aliphatic rings. The first-order valence-corrected chi connectivity index (χ1v) is 9.58. The predicted molar refractivity (Wildman–Crippen MR) is 116 cm³/mol. The summed E-state index contributed by atoms with van der Waals surface area (Å²) < 4.78 is 5.22. The summed E-state index contributed by atoms with van der Waals surface area (Å²) in [5.41, 5.74) is 2.98. The maximum absolute atomic E-state index is 12.5. The Morgan fingerprint density at radius 2 is 1.87 bits per heavy atom. The minimum atomic E-state index is -0.251. The van der Waals surface area contributed by atoms with E-state index in [0.29, 0.717) is 24.6 Å². The van der Waals surface area contributed by atoms with E-state index in [1.807, 2.05) is 54.6 Å². The molecule has 0 radical (unpaired) electrons. The van der Waals surface area contributed by atoms with Crippen LogP contribution in [0.25, 0.3) is 10.9 Å². The summed E-state index contributed by atoms with van der Waals surface area (Å²) in [5.74, 6) is 0.890. The van der Waals surface area contributed by atoms with Crippen molar-refractivity contribution in [2.24, 2.45) is 0 Å². The number of fused-ring (bicyclic) bond motifs is 1. The minimum Gasteiger partial charge on any atom is -0.497 e. The van der Waals surface area contributed by atoms with Gasteiger partial charge in [0.2, 0.25) is 5.95 Å². The first-order valence-electron chi connectivity index (χ1n) is 9.58. The van der Waals surface area contributed by atoms with E-state index in [2.05, 4.69) is 25.6 Å². The van der Waals surface area contributed by atoms with Crippen molar-refractivity contribution >= 4 is 28.4 Å². The molecule has 4 rings (SSSR count). The molecule has 0 bridgehead atoms. The van der Waals surface area contributed by atoms with E-state index in [-0.39, 0.29) is 5.91 Å². The van der Waals surface area contributed by atoms with Gasteiger partial charge in [-0.1, -0.05) is 30.3 Å². The second-order valence-electron chi connectivity index (χ2n) is 6.63. The van der Waals surface area contributed by atoms with Crippen molar-refractivity contribution in [3.63, 3.8) is 0 Å². The third kappa shape index (κ3) is 4.52. The molecule has 0 saturated carbocycles. The number of nitrogens with one attached hydrogen (secondary N) is 2. The molecule has 0 fully saturated rings. The van der Waals surface area contributed by atoms with Crippen LogP contribution in [0.3, 0.4) is 0 Å². The number of aromatic nitrogens is 3. The number of benzene rings is 2. The fraction of sp³-hybridized carbons (Fsp3) is 0.130. The zero-order valence-corrected chi connectivity index (χ0v) is 16.5. The van der Waals surface area contributed by atoms with E-state index < -0.39 is 0 Å². The van der Waals surface area contributed by atoms with Crippen molar-refractivity contribution in [1.29, 1.82) is 0 Å². The highest BCUT2D eigenvalue weighted by atomic mass is 16.5. The lowest BCUT2D eigenvalue weighted by molar-refractivity contribution is 0.0949. The van der Waals surface area contributed by atoms with Gasteiger partial charge in [-0.3, -0.25) is 9.78 Å². The molecule has 2 N–H and O–H groups in total. The summed E-state index contributed by atoms with van der Waals surface area (Å²) in [5, 5.41) is 7.06. The maximum atomic E-state index is 12.5.